The maximum absolute atomic E-state index is 12.6. The van der Waals surface area contributed by atoms with Gasteiger partial charge in [0.1, 0.15) is 10.7 Å². The van der Waals surface area contributed by atoms with Gasteiger partial charge >= 0.3 is 0 Å². The van der Waals surface area contributed by atoms with Crippen LogP contribution in [0.1, 0.15) is 24.8 Å². The third kappa shape index (κ3) is 4.06. The number of nitrogens with zero attached hydrogens (tertiary/aromatic N) is 2. The summed E-state index contributed by atoms with van der Waals surface area (Å²) >= 11 is 5.96. The van der Waals surface area contributed by atoms with Crippen molar-refractivity contribution in [3.8, 4) is 0 Å². The van der Waals surface area contributed by atoms with Crippen LogP contribution in [0.25, 0.3) is 0 Å². The topological polar surface area (TPSA) is 62.3 Å². The van der Waals surface area contributed by atoms with Gasteiger partial charge in [0.15, 0.2) is 0 Å². The molecule has 1 saturated heterocycles. The molecule has 0 bridgehead atoms. The molecule has 1 aromatic carbocycles. The Hall–Kier alpha value is -1.63. The number of pyridine rings is 1. The van der Waals surface area contributed by atoms with E-state index in [1.54, 1.807) is 16.4 Å². The molecule has 1 aliphatic rings. The summed E-state index contributed by atoms with van der Waals surface area (Å²) in [7, 11) is -3.43. The highest BCUT2D eigenvalue weighted by atomic mass is 35.5. The Labute approximate surface area is 147 Å². The third-order valence-electron chi connectivity index (χ3n) is 4.05. The first kappa shape index (κ1) is 17.2. The summed E-state index contributed by atoms with van der Waals surface area (Å²) in [4.78, 5) is 4.48. The second kappa shape index (κ2) is 7.51. The van der Waals surface area contributed by atoms with Gasteiger partial charge in [0.25, 0.3) is 0 Å². The van der Waals surface area contributed by atoms with Gasteiger partial charge < -0.3 is 5.32 Å². The largest absolute Gasteiger partial charge is 0.366 e. The Morgan fingerprint density at radius 2 is 1.92 bits per heavy atom. The van der Waals surface area contributed by atoms with Crippen LogP contribution in [0.4, 0.5) is 5.82 Å². The van der Waals surface area contributed by atoms with Crippen LogP contribution in [0.2, 0.25) is 5.02 Å². The minimum absolute atomic E-state index is 0.248. The Morgan fingerprint density at radius 3 is 2.58 bits per heavy atom. The molecular formula is C17H20ClN3O2S. The molecule has 1 N–H and O–H groups in total. The van der Waals surface area contributed by atoms with E-state index in [0.717, 1.165) is 24.8 Å². The molecule has 0 unspecified atom stereocenters. The number of halogens is 1. The molecule has 1 aromatic heterocycles. The van der Waals surface area contributed by atoms with E-state index >= 15 is 0 Å². The number of hydrogen-bond donors (Lipinski definition) is 1. The van der Waals surface area contributed by atoms with E-state index in [9.17, 15) is 8.42 Å². The first-order valence-electron chi connectivity index (χ1n) is 8.00. The number of aromatic nitrogens is 1. The number of nitrogens with one attached hydrogen (secondary N) is 1. The fourth-order valence-corrected chi connectivity index (χ4v) is 4.41. The molecule has 128 valence electrons. The first-order valence-corrected chi connectivity index (χ1v) is 9.82. The van der Waals surface area contributed by atoms with E-state index in [-0.39, 0.29) is 4.90 Å². The normalized spacial score (nSPS) is 16.0. The van der Waals surface area contributed by atoms with Crippen LogP contribution >= 0.6 is 11.6 Å². The number of anilines is 1. The predicted octanol–water partition coefficient (Wildman–Crippen LogP) is 3.52. The third-order valence-corrected chi connectivity index (χ3v) is 6.17. The highest BCUT2D eigenvalue weighted by Crippen LogP contribution is 2.21. The van der Waals surface area contributed by atoms with E-state index in [1.165, 1.54) is 6.20 Å². The Bertz CT molecular complexity index is 788. The van der Waals surface area contributed by atoms with Crippen molar-refractivity contribution in [2.75, 3.05) is 18.4 Å². The van der Waals surface area contributed by atoms with Gasteiger partial charge in [0, 0.05) is 30.9 Å². The summed E-state index contributed by atoms with van der Waals surface area (Å²) in [6.45, 7) is 1.76. The van der Waals surface area contributed by atoms with Crippen molar-refractivity contribution in [2.24, 2.45) is 0 Å². The molecule has 2 aromatic rings. The van der Waals surface area contributed by atoms with E-state index in [2.05, 4.69) is 10.3 Å². The van der Waals surface area contributed by atoms with Gasteiger partial charge in [-0.3, -0.25) is 0 Å². The average Bonchev–Trinajstić information content (AvgIpc) is 2.61. The highest BCUT2D eigenvalue weighted by molar-refractivity contribution is 7.89. The molecule has 1 fully saturated rings. The summed E-state index contributed by atoms with van der Waals surface area (Å²) in [5.41, 5.74) is 1.04. The standard InChI is InChI=1S/C17H20ClN3O2S/c18-15-6-4-5-14(11-15)12-19-17-8-7-16(13-20-17)24(22,23)21-9-2-1-3-10-21/h4-8,11,13H,1-3,9-10,12H2,(H,19,20). The Kier molecular flexibility index (Phi) is 5.38. The monoisotopic (exact) mass is 365 g/mol. The molecule has 5 nitrogen and oxygen atoms in total. The average molecular weight is 366 g/mol. The number of sulfonamides is 1. The van der Waals surface area contributed by atoms with E-state index in [4.69, 9.17) is 11.6 Å². The molecule has 0 amide bonds. The molecule has 3 rings (SSSR count). The van der Waals surface area contributed by atoms with Crippen molar-refractivity contribution in [1.29, 1.82) is 0 Å². The van der Waals surface area contributed by atoms with Gasteiger partial charge in [-0.2, -0.15) is 4.31 Å². The van der Waals surface area contributed by atoms with Crippen molar-refractivity contribution >= 4 is 27.4 Å². The van der Waals surface area contributed by atoms with Crippen molar-refractivity contribution in [3.63, 3.8) is 0 Å². The second-order valence-corrected chi connectivity index (χ2v) is 8.20. The van der Waals surface area contributed by atoms with Crippen molar-refractivity contribution in [1.82, 2.24) is 9.29 Å². The van der Waals surface area contributed by atoms with Crippen molar-refractivity contribution in [2.45, 2.75) is 30.7 Å². The second-order valence-electron chi connectivity index (χ2n) is 5.83. The minimum Gasteiger partial charge on any atom is -0.366 e. The lowest BCUT2D eigenvalue weighted by molar-refractivity contribution is 0.346. The SMILES string of the molecule is O=S(=O)(c1ccc(NCc2cccc(Cl)c2)nc1)N1CCCCC1. The maximum Gasteiger partial charge on any atom is 0.244 e. The van der Waals surface area contributed by atoms with Crippen molar-refractivity contribution in [3.05, 3.63) is 53.2 Å². The highest BCUT2D eigenvalue weighted by Gasteiger charge is 2.26. The van der Waals surface area contributed by atoms with Crippen LogP contribution in [0.15, 0.2) is 47.5 Å². The number of hydrogen-bond acceptors (Lipinski definition) is 4. The molecule has 2 heterocycles. The van der Waals surface area contributed by atoms with Gasteiger partial charge in [0.2, 0.25) is 10.0 Å². The molecule has 0 saturated carbocycles. The number of rotatable bonds is 5. The van der Waals surface area contributed by atoms with E-state index < -0.39 is 10.0 Å². The van der Waals surface area contributed by atoms with Gasteiger partial charge in [-0.15, -0.1) is 0 Å². The summed E-state index contributed by atoms with van der Waals surface area (Å²) in [6.07, 6.45) is 4.36. The molecule has 7 heteroatoms. The lowest BCUT2D eigenvalue weighted by Crippen LogP contribution is -2.35. The first-order chi connectivity index (χ1) is 11.6. The molecule has 24 heavy (non-hydrogen) atoms. The quantitative estimate of drug-likeness (QED) is 0.880. The molecule has 1 aliphatic heterocycles. The number of benzene rings is 1. The van der Waals surface area contributed by atoms with Gasteiger partial charge in [-0.1, -0.05) is 30.2 Å². The molecule has 0 atom stereocenters. The van der Waals surface area contributed by atoms with E-state index in [0.29, 0.717) is 30.5 Å². The predicted molar refractivity (Wildman–Crippen MR) is 95.6 cm³/mol. The number of piperidine rings is 1. The summed E-state index contributed by atoms with van der Waals surface area (Å²) < 4.78 is 26.7. The van der Waals surface area contributed by atoms with Gasteiger partial charge in [0.05, 0.1) is 0 Å². The minimum atomic E-state index is -3.43. The molecule has 0 aliphatic carbocycles. The van der Waals surface area contributed by atoms with Gasteiger partial charge in [-0.25, -0.2) is 13.4 Å². The maximum atomic E-state index is 12.6. The van der Waals surface area contributed by atoms with Crippen LogP contribution in [0.3, 0.4) is 0 Å². The van der Waals surface area contributed by atoms with E-state index in [1.807, 2.05) is 24.3 Å². The van der Waals surface area contributed by atoms with Gasteiger partial charge in [-0.05, 0) is 42.7 Å². The fourth-order valence-electron chi connectivity index (χ4n) is 2.73. The zero-order chi connectivity index (χ0) is 17.0. The van der Waals surface area contributed by atoms with Crippen molar-refractivity contribution < 1.29 is 8.42 Å². The van der Waals surface area contributed by atoms with Crippen LogP contribution in [0, 0.1) is 0 Å². The lowest BCUT2D eigenvalue weighted by Gasteiger charge is -2.25. The lowest BCUT2D eigenvalue weighted by atomic mass is 10.2. The van der Waals surface area contributed by atoms with Crippen LogP contribution in [0.5, 0.6) is 0 Å². The van der Waals surface area contributed by atoms with Crippen LogP contribution in [-0.4, -0.2) is 30.8 Å². The summed E-state index contributed by atoms with van der Waals surface area (Å²) in [6, 6.07) is 10.9. The summed E-state index contributed by atoms with van der Waals surface area (Å²) in [5, 5.41) is 3.85. The Morgan fingerprint density at radius 1 is 1.12 bits per heavy atom. The van der Waals surface area contributed by atoms with Crippen LogP contribution < -0.4 is 5.32 Å². The zero-order valence-electron chi connectivity index (χ0n) is 13.3. The molecular weight excluding hydrogens is 346 g/mol. The molecule has 0 spiro atoms. The zero-order valence-corrected chi connectivity index (χ0v) is 14.9. The smallest absolute Gasteiger partial charge is 0.244 e. The summed E-state index contributed by atoms with van der Waals surface area (Å²) in [5.74, 6) is 0.632. The fraction of sp³-hybridized carbons (Fsp3) is 0.353. The Balaban J connectivity index is 1.66. The molecule has 0 radical (unpaired) electrons. The van der Waals surface area contributed by atoms with Crippen LogP contribution in [-0.2, 0) is 16.6 Å².